The highest BCUT2D eigenvalue weighted by Gasteiger charge is 2.66. The first-order chi connectivity index (χ1) is 11.9. The fourth-order valence-corrected chi connectivity index (χ4v) is 3.90. The lowest BCUT2D eigenvalue weighted by Gasteiger charge is -2.28. The minimum atomic E-state index is -0.894. The Morgan fingerprint density at radius 2 is 1.84 bits per heavy atom. The van der Waals surface area contributed by atoms with E-state index in [0.717, 1.165) is 17.2 Å². The van der Waals surface area contributed by atoms with Crippen LogP contribution in [0.4, 0.5) is 0 Å². The molecule has 2 heterocycles. The van der Waals surface area contributed by atoms with Gasteiger partial charge in [0.15, 0.2) is 11.6 Å². The number of hydrogen-bond donors (Lipinski definition) is 1. The number of aliphatic carboxylic acids is 1. The number of hydrogen-bond acceptors (Lipinski definition) is 4. The molecular formula is C18H20N4O3. The predicted octanol–water partition coefficient (Wildman–Crippen LogP) is 1.64. The van der Waals surface area contributed by atoms with E-state index in [1.807, 2.05) is 48.7 Å². The number of fused-ring (bicyclic) bond motifs is 1. The molecule has 7 nitrogen and oxygen atoms in total. The van der Waals surface area contributed by atoms with Gasteiger partial charge in [0.2, 0.25) is 5.91 Å². The molecule has 1 aliphatic carbocycles. The molecule has 25 heavy (non-hydrogen) atoms. The fraction of sp³-hybridized carbons (Fsp3) is 0.444. The number of aromatic nitrogens is 3. The summed E-state index contributed by atoms with van der Waals surface area (Å²) in [6.07, 6.45) is 0. The van der Waals surface area contributed by atoms with Crippen LogP contribution in [0.3, 0.4) is 0 Å². The monoisotopic (exact) mass is 340 g/mol. The van der Waals surface area contributed by atoms with Crippen LogP contribution in [0.1, 0.15) is 19.7 Å². The van der Waals surface area contributed by atoms with Crippen molar-refractivity contribution in [2.24, 2.45) is 17.3 Å². The standard InChI is InChI=1S/C18H20N4O3/c1-18(2)13(14(18)17(24)25)16(23)21-8-9-22-12(10-21)19-20-15(22)11-6-4-3-5-7-11/h3-7,13-14H,8-10H2,1-2H3,(H,24,25)/t13-,14+/m1/s1. The highest BCUT2D eigenvalue weighted by molar-refractivity contribution is 5.91. The van der Waals surface area contributed by atoms with Gasteiger partial charge in [-0.05, 0) is 5.41 Å². The van der Waals surface area contributed by atoms with Gasteiger partial charge >= 0.3 is 5.97 Å². The number of carbonyl (C=O) groups is 2. The molecule has 2 aliphatic rings. The van der Waals surface area contributed by atoms with E-state index in [1.54, 1.807) is 4.90 Å². The molecule has 1 fully saturated rings. The maximum Gasteiger partial charge on any atom is 0.307 e. The Labute approximate surface area is 145 Å². The van der Waals surface area contributed by atoms with Crippen molar-refractivity contribution in [1.29, 1.82) is 0 Å². The van der Waals surface area contributed by atoms with Crippen molar-refractivity contribution in [3.63, 3.8) is 0 Å². The van der Waals surface area contributed by atoms with Gasteiger partial charge in [0.1, 0.15) is 0 Å². The Morgan fingerprint density at radius 3 is 2.48 bits per heavy atom. The largest absolute Gasteiger partial charge is 0.481 e. The molecule has 0 radical (unpaired) electrons. The summed E-state index contributed by atoms with van der Waals surface area (Å²) in [5.74, 6) is -0.489. The van der Waals surface area contributed by atoms with Crippen LogP contribution in [-0.2, 0) is 22.7 Å². The normalized spacial score (nSPS) is 23.8. The molecule has 1 amide bonds. The number of carboxylic acids is 1. The summed E-state index contributed by atoms with van der Waals surface area (Å²) in [6, 6.07) is 9.83. The molecule has 0 unspecified atom stereocenters. The lowest BCUT2D eigenvalue weighted by Crippen LogP contribution is -2.40. The summed E-state index contributed by atoms with van der Waals surface area (Å²) >= 11 is 0. The summed E-state index contributed by atoms with van der Waals surface area (Å²) in [5, 5.41) is 17.8. The maximum atomic E-state index is 12.8. The second kappa shape index (κ2) is 5.40. The molecule has 0 saturated heterocycles. The maximum absolute atomic E-state index is 12.8. The van der Waals surface area contributed by atoms with Crippen LogP contribution in [-0.4, -0.2) is 43.2 Å². The van der Waals surface area contributed by atoms with Crippen molar-refractivity contribution < 1.29 is 14.7 Å². The van der Waals surface area contributed by atoms with Crippen molar-refractivity contribution in [2.75, 3.05) is 6.54 Å². The molecule has 1 saturated carbocycles. The van der Waals surface area contributed by atoms with E-state index in [4.69, 9.17) is 0 Å². The van der Waals surface area contributed by atoms with Gasteiger partial charge in [-0.2, -0.15) is 0 Å². The molecule has 7 heteroatoms. The molecule has 1 aliphatic heterocycles. The van der Waals surface area contributed by atoms with Crippen LogP contribution in [0.2, 0.25) is 0 Å². The van der Waals surface area contributed by atoms with Gasteiger partial charge in [0.05, 0.1) is 18.4 Å². The van der Waals surface area contributed by atoms with Crippen LogP contribution in [0.25, 0.3) is 11.4 Å². The number of carbonyl (C=O) groups excluding carboxylic acids is 1. The highest BCUT2D eigenvalue weighted by atomic mass is 16.4. The minimum absolute atomic E-state index is 0.0899. The Morgan fingerprint density at radius 1 is 1.12 bits per heavy atom. The molecule has 1 N–H and O–H groups in total. The van der Waals surface area contributed by atoms with Crippen LogP contribution < -0.4 is 0 Å². The number of nitrogens with zero attached hydrogens (tertiary/aromatic N) is 4. The molecule has 0 spiro atoms. The summed E-state index contributed by atoms with van der Waals surface area (Å²) in [7, 11) is 0. The number of amides is 1. The summed E-state index contributed by atoms with van der Waals surface area (Å²) in [6.45, 7) is 5.21. The molecule has 0 bridgehead atoms. The lowest BCUT2D eigenvalue weighted by molar-refractivity contribution is -0.142. The third-order valence-corrected chi connectivity index (χ3v) is 5.46. The smallest absolute Gasteiger partial charge is 0.307 e. The molecule has 1 aromatic heterocycles. The van der Waals surface area contributed by atoms with Gasteiger partial charge in [-0.1, -0.05) is 44.2 Å². The summed E-state index contributed by atoms with van der Waals surface area (Å²) in [4.78, 5) is 25.8. The SMILES string of the molecule is CC1(C)[C@H](C(=O)O)[C@@H]1C(=O)N1CCn2c(nnc2-c2ccccc2)C1. The van der Waals surface area contributed by atoms with Gasteiger partial charge < -0.3 is 14.6 Å². The van der Waals surface area contributed by atoms with E-state index >= 15 is 0 Å². The number of benzene rings is 1. The van der Waals surface area contributed by atoms with Crippen molar-refractivity contribution in [3.8, 4) is 11.4 Å². The van der Waals surface area contributed by atoms with Crippen molar-refractivity contribution in [2.45, 2.75) is 26.9 Å². The molecule has 4 rings (SSSR count). The Balaban J connectivity index is 1.54. The third-order valence-electron chi connectivity index (χ3n) is 5.46. The van der Waals surface area contributed by atoms with E-state index in [9.17, 15) is 14.7 Å². The quantitative estimate of drug-likeness (QED) is 0.918. The average Bonchev–Trinajstić information content (AvgIpc) is 2.97. The molecule has 2 aromatic rings. The zero-order valence-corrected chi connectivity index (χ0v) is 14.2. The fourth-order valence-electron chi connectivity index (χ4n) is 3.90. The topological polar surface area (TPSA) is 88.3 Å². The second-order valence-electron chi connectivity index (χ2n) is 7.33. The van der Waals surface area contributed by atoms with Gasteiger partial charge in [0.25, 0.3) is 0 Å². The molecule has 130 valence electrons. The average molecular weight is 340 g/mol. The van der Waals surface area contributed by atoms with Crippen LogP contribution in [0.5, 0.6) is 0 Å². The molecular weight excluding hydrogens is 320 g/mol. The Hall–Kier alpha value is -2.70. The molecule has 1 aromatic carbocycles. The Bertz CT molecular complexity index is 843. The van der Waals surface area contributed by atoms with Gasteiger partial charge in [0, 0.05) is 18.7 Å². The van der Waals surface area contributed by atoms with Crippen LogP contribution in [0.15, 0.2) is 30.3 Å². The zero-order valence-electron chi connectivity index (χ0n) is 14.2. The lowest BCUT2D eigenvalue weighted by atomic mass is 10.1. The highest BCUT2D eigenvalue weighted by Crippen LogP contribution is 2.59. The molecule has 2 atom stereocenters. The van der Waals surface area contributed by atoms with E-state index in [0.29, 0.717) is 19.6 Å². The summed E-state index contributed by atoms with van der Waals surface area (Å²) in [5.41, 5.74) is 0.513. The third kappa shape index (κ3) is 2.42. The first-order valence-corrected chi connectivity index (χ1v) is 8.40. The van der Waals surface area contributed by atoms with Gasteiger partial charge in [-0.3, -0.25) is 9.59 Å². The van der Waals surface area contributed by atoms with Crippen molar-refractivity contribution in [3.05, 3.63) is 36.2 Å². The van der Waals surface area contributed by atoms with Gasteiger partial charge in [-0.15, -0.1) is 10.2 Å². The first kappa shape index (κ1) is 15.8. The predicted molar refractivity (Wildman–Crippen MR) is 89.3 cm³/mol. The van der Waals surface area contributed by atoms with Gasteiger partial charge in [-0.25, -0.2) is 0 Å². The van der Waals surface area contributed by atoms with E-state index in [1.165, 1.54) is 0 Å². The Kier molecular flexibility index (Phi) is 3.42. The van der Waals surface area contributed by atoms with Crippen molar-refractivity contribution >= 4 is 11.9 Å². The van der Waals surface area contributed by atoms with E-state index in [-0.39, 0.29) is 5.91 Å². The van der Waals surface area contributed by atoms with Crippen LogP contribution in [0, 0.1) is 17.3 Å². The number of carboxylic acid groups (broad SMARTS) is 1. The van der Waals surface area contributed by atoms with Crippen molar-refractivity contribution in [1.82, 2.24) is 19.7 Å². The van der Waals surface area contributed by atoms with E-state index in [2.05, 4.69) is 10.2 Å². The minimum Gasteiger partial charge on any atom is -0.481 e. The zero-order chi connectivity index (χ0) is 17.8. The summed E-state index contributed by atoms with van der Waals surface area (Å²) < 4.78 is 2.03. The first-order valence-electron chi connectivity index (χ1n) is 8.40. The van der Waals surface area contributed by atoms with Crippen LogP contribution >= 0.6 is 0 Å². The van der Waals surface area contributed by atoms with E-state index < -0.39 is 23.2 Å². The number of rotatable bonds is 3. The second-order valence-corrected chi connectivity index (χ2v) is 7.33.